The van der Waals surface area contributed by atoms with Crippen LogP contribution in [0.3, 0.4) is 0 Å². The highest BCUT2D eigenvalue weighted by atomic mass is 16.5. The molecule has 0 unspecified atom stereocenters. The van der Waals surface area contributed by atoms with Gasteiger partial charge in [0.25, 0.3) is 5.91 Å². The molecule has 0 atom stereocenters. The predicted octanol–water partition coefficient (Wildman–Crippen LogP) is -1.91. The second kappa shape index (κ2) is 9.08. The van der Waals surface area contributed by atoms with Gasteiger partial charge >= 0.3 is 0 Å². The summed E-state index contributed by atoms with van der Waals surface area (Å²) in [4.78, 5) is 23.6. The molecule has 3 N–H and O–H groups in total. The third kappa shape index (κ3) is 8.16. The van der Waals surface area contributed by atoms with E-state index in [2.05, 4.69) is 10.9 Å². The normalized spacial score (nSPS) is 10.2. The van der Waals surface area contributed by atoms with Crippen LogP contribution >= 0.6 is 0 Å². The lowest BCUT2D eigenvalue weighted by molar-refractivity contribution is -0.128. The molecule has 7 nitrogen and oxygen atoms in total. The molecule has 0 aliphatic heterocycles. The van der Waals surface area contributed by atoms with E-state index in [9.17, 15) is 9.59 Å². The number of nitrogens with zero attached hydrogens (tertiary/aromatic N) is 1. The lowest BCUT2D eigenvalue weighted by Gasteiger charge is -2.20. The van der Waals surface area contributed by atoms with Crippen molar-refractivity contribution >= 4 is 11.8 Å². The lowest BCUT2D eigenvalue weighted by atomic mass is 10.4. The van der Waals surface area contributed by atoms with Gasteiger partial charge in [-0.25, -0.2) is 0 Å². The first kappa shape index (κ1) is 14.8. The highest BCUT2D eigenvalue weighted by Crippen LogP contribution is 1.87. The number of nitrogens with one attached hydrogen (secondary N) is 2. The Hall–Kier alpha value is -1.18. The Morgan fingerprint density at radius 3 is 2.50 bits per heavy atom. The van der Waals surface area contributed by atoms with E-state index >= 15 is 0 Å². The average Bonchev–Trinajstić information content (AvgIpc) is 2.23. The molecular weight excluding hydrogens is 214 g/mol. The van der Waals surface area contributed by atoms with Crippen LogP contribution in [0.4, 0.5) is 0 Å². The third-order valence-corrected chi connectivity index (χ3v) is 1.77. The zero-order chi connectivity index (χ0) is 12.4. The maximum absolute atomic E-state index is 11.3. The van der Waals surface area contributed by atoms with E-state index in [0.717, 1.165) is 0 Å². The van der Waals surface area contributed by atoms with Crippen LogP contribution in [0, 0.1) is 0 Å². The minimum Gasteiger partial charge on any atom is -0.395 e. The second-order valence-corrected chi connectivity index (χ2v) is 3.22. The molecule has 0 radical (unpaired) electrons. The minimum atomic E-state index is -0.334. The topological polar surface area (TPSA) is 90.9 Å². The molecular formula is C9H19N3O4. The van der Waals surface area contributed by atoms with Crippen LogP contribution in [0.25, 0.3) is 0 Å². The fraction of sp³-hybridized carbons (Fsp3) is 0.778. The van der Waals surface area contributed by atoms with Crippen molar-refractivity contribution in [2.75, 3.05) is 40.0 Å². The summed E-state index contributed by atoms with van der Waals surface area (Å²) in [5.41, 5.74) is 4.43. The zero-order valence-corrected chi connectivity index (χ0v) is 9.65. The van der Waals surface area contributed by atoms with Crippen LogP contribution in [-0.2, 0) is 14.3 Å². The number of amides is 2. The Labute approximate surface area is 94.7 Å². The average molecular weight is 233 g/mol. The third-order valence-electron chi connectivity index (χ3n) is 1.77. The molecule has 7 heteroatoms. The van der Waals surface area contributed by atoms with Gasteiger partial charge in [-0.2, -0.15) is 0 Å². The Morgan fingerprint density at radius 1 is 1.31 bits per heavy atom. The first-order valence-corrected chi connectivity index (χ1v) is 4.97. The van der Waals surface area contributed by atoms with Gasteiger partial charge in [0, 0.05) is 27.1 Å². The maximum atomic E-state index is 11.3. The molecule has 0 spiro atoms. The predicted molar refractivity (Wildman–Crippen MR) is 57.4 cm³/mol. The molecule has 0 aliphatic rings. The number of hydrazine groups is 1. The number of methoxy groups -OCH3 is 1. The van der Waals surface area contributed by atoms with Gasteiger partial charge in [-0.05, 0) is 0 Å². The molecule has 94 valence electrons. The van der Waals surface area contributed by atoms with Gasteiger partial charge in [0.2, 0.25) is 5.91 Å². The highest BCUT2D eigenvalue weighted by Gasteiger charge is 2.09. The molecule has 0 aliphatic carbocycles. The fourth-order valence-electron chi connectivity index (χ4n) is 1.03. The molecule has 16 heavy (non-hydrogen) atoms. The van der Waals surface area contributed by atoms with Crippen molar-refractivity contribution in [2.24, 2.45) is 0 Å². The van der Waals surface area contributed by atoms with Crippen molar-refractivity contribution in [1.82, 2.24) is 15.8 Å². The van der Waals surface area contributed by atoms with Crippen molar-refractivity contribution in [2.45, 2.75) is 6.92 Å². The molecule has 0 fully saturated rings. The fourth-order valence-corrected chi connectivity index (χ4v) is 1.03. The quantitative estimate of drug-likeness (QED) is 0.447. The smallest absolute Gasteiger partial charge is 0.252 e. The van der Waals surface area contributed by atoms with Crippen LogP contribution in [0.5, 0.6) is 0 Å². The van der Waals surface area contributed by atoms with E-state index in [1.54, 1.807) is 12.0 Å². The molecule has 0 rings (SSSR count). The summed E-state index contributed by atoms with van der Waals surface area (Å²) in [7, 11) is 1.56. The minimum absolute atomic E-state index is 0.0306. The van der Waals surface area contributed by atoms with E-state index in [1.165, 1.54) is 6.92 Å². The summed E-state index contributed by atoms with van der Waals surface area (Å²) in [6, 6.07) is 0. The van der Waals surface area contributed by atoms with Crippen LogP contribution in [0.2, 0.25) is 0 Å². The Balaban J connectivity index is 3.86. The maximum Gasteiger partial charge on any atom is 0.252 e. The van der Waals surface area contributed by atoms with Crippen molar-refractivity contribution in [3.63, 3.8) is 0 Å². The van der Waals surface area contributed by atoms with Crippen LogP contribution in [-0.4, -0.2) is 61.8 Å². The zero-order valence-electron chi connectivity index (χ0n) is 9.65. The van der Waals surface area contributed by atoms with Crippen molar-refractivity contribution in [1.29, 1.82) is 0 Å². The number of carbonyl (C=O) groups excluding carboxylic acids is 2. The van der Waals surface area contributed by atoms with Crippen LogP contribution < -0.4 is 10.9 Å². The van der Waals surface area contributed by atoms with E-state index in [0.29, 0.717) is 19.7 Å². The summed E-state index contributed by atoms with van der Waals surface area (Å²) in [6.45, 7) is 2.78. The number of carbonyl (C=O) groups is 2. The number of hydrogen-bond acceptors (Lipinski definition) is 5. The van der Waals surface area contributed by atoms with Gasteiger partial charge in [-0.15, -0.1) is 0 Å². The van der Waals surface area contributed by atoms with Gasteiger partial charge in [-0.3, -0.25) is 25.3 Å². The highest BCUT2D eigenvalue weighted by molar-refractivity contribution is 5.81. The summed E-state index contributed by atoms with van der Waals surface area (Å²) in [5.74, 6) is -0.668. The van der Waals surface area contributed by atoms with Crippen molar-refractivity contribution in [3.8, 4) is 0 Å². The largest absolute Gasteiger partial charge is 0.395 e. The van der Waals surface area contributed by atoms with E-state index in [1.807, 2.05) is 0 Å². The molecule has 0 heterocycles. The summed E-state index contributed by atoms with van der Waals surface area (Å²) >= 11 is 0. The number of aliphatic hydroxyl groups excluding tert-OH is 1. The molecule has 0 saturated heterocycles. The van der Waals surface area contributed by atoms with Crippen molar-refractivity contribution < 1.29 is 19.4 Å². The van der Waals surface area contributed by atoms with Gasteiger partial charge in [0.1, 0.15) is 0 Å². The molecule has 2 amide bonds. The Morgan fingerprint density at radius 2 is 2.00 bits per heavy atom. The van der Waals surface area contributed by atoms with Crippen LogP contribution in [0.15, 0.2) is 0 Å². The number of rotatable bonds is 7. The number of aliphatic hydroxyl groups is 1. The monoisotopic (exact) mass is 233 g/mol. The van der Waals surface area contributed by atoms with Crippen LogP contribution in [0.1, 0.15) is 6.92 Å². The van der Waals surface area contributed by atoms with Gasteiger partial charge in [0.05, 0.1) is 19.8 Å². The number of ether oxygens (including phenoxy) is 1. The first-order valence-electron chi connectivity index (χ1n) is 4.97. The van der Waals surface area contributed by atoms with Gasteiger partial charge in [0.15, 0.2) is 0 Å². The SMILES string of the molecule is COCCN(CCO)CC(=O)NNC(C)=O. The van der Waals surface area contributed by atoms with Gasteiger partial charge in [-0.1, -0.05) is 0 Å². The number of hydrogen-bond donors (Lipinski definition) is 3. The molecule has 0 aromatic heterocycles. The van der Waals surface area contributed by atoms with E-state index < -0.39 is 0 Å². The van der Waals surface area contributed by atoms with E-state index in [-0.39, 0.29) is 25.0 Å². The standard InChI is InChI=1S/C9H19N3O4/c1-8(14)10-11-9(15)7-12(3-5-13)4-6-16-2/h13H,3-7H2,1-2H3,(H,10,14)(H,11,15). The Kier molecular flexibility index (Phi) is 8.41. The molecule has 0 aromatic carbocycles. The Bertz CT molecular complexity index is 223. The van der Waals surface area contributed by atoms with E-state index in [4.69, 9.17) is 9.84 Å². The molecule has 0 saturated carbocycles. The van der Waals surface area contributed by atoms with Crippen molar-refractivity contribution in [3.05, 3.63) is 0 Å². The second-order valence-electron chi connectivity index (χ2n) is 3.22. The summed E-state index contributed by atoms with van der Waals surface area (Å²) in [5, 5.41) is 8.78. The lowest BCUT2D eigenvalue weighted by Crippen LogP contribution is -2.46. The van der Waals surface area contributed by atoms with Gasteiger partial charge < -0.3 is 9.84 Å². The summed E-state index contributed by atoms with van der Waals surface area (Å²) in [6.07, 6.45) is 0. The molecule has 0 bridgehead atoms. The first-order chi connectivity index (χ1) is 7.60. The summed E-state index contributed by atoms with van der Waals surface area (Å²) < 4.78 is 4.87. The molecule has 0 aromatic rings.